The maximum atomic E-state index is 13.1. The number of imidazole rings is 1. The summed E-state index contributed by atoms with van der Waals surface area (Å²) in [6, 6.07) is 0.232. The molecule has 2 rings (SSSR count). The van der Waals surface area contributed by atoms with Gasteiger partial charge in [0, 0.05) is 19.1 Å². The summed E-state index contributed by atoms with van der Waals surface area (Å²) in [5, 5.41) is 2.53. The van der Waals surface area contributed by atoms with Gasteiger partial charge in [0.05, 0.1) is 29.9 Å². The SMILES string of the molecule is C/C=C(/N)NC(=O)c1ncn([C@H]2CN(C(C)C)C[C@@H](COP(=O)(C(C)S)N(C)C)O2)c1N. The van der Waals surface area contributed by atoms with E-state index < -0.39 is 24.6 Å². The summed E-state index contributed by atoms with van der Waals surface area (Å²) in [6.45, 7) is 8.88. The van der Waals surface area contributed by atoms with Crippen molar-refractivity contribution in [3.8, 4) is 0 Å². The molecule has 1 aliphatic heterocycles. The molecule has 0 saturated carbocycles. The number of aromatic nitrogens is 2. The van der Waals surface area contributed by atoms with Crippen LogP contribution < -0.4 is 16.8 Å². The summed E-state index contributed by atoms with van der Waals surface area (Å²) in [6.07, 6.45) is 2.18. The number of nitrogens with one attached hydrogen (secondary N) is 1. The average molecular weight is 490 g/mol. The van der Waals surface area contributed by atoms with Gasteiger partial charge in [0.15, 0.2) is 5.69 Å². The quantitative estimate of drug-likeness (QED) is 0.301. The Hall–Kier alpha value is -1.56. The third-order valence-electron chi connectivity index (χ3n) is 5.31. The van der Waals surface area contributed by atoms with E-state index in [2.05, 4.69) is 41.7 Å². The molecular weight excluding hydrogens is 453 g/mol. The van der Waals surface area contributed by atoms with Crippen LogP contribution in [0.5, 0.6) is 0 Å². The standard InChI is InChI=1S/C19H36N7O4PS/c1-7-15(20)23-19(27)17-18(21)26(11-22-17)16-9-25(12(2)3)8-14(30-16)10-29-31(28,13(4)32)24(5)6/h7,11-14,16,32H,8-10,20-21H2,1-6H3,(H,23,27)/b15-7-/t13?,14-,16+,31?/m0/s1. The van der Waals surface area contributed by atoms with E-state index in [4.69, 9.17) is 20.7 Å². The number of amides is 1. The summed E-state index contributed by atoms with van der Waals surface area (Å²) in [5.41, 5.74) is 12.0. The van der Waals surface area contributed by atoms with Crippen molar-refractivity contribution in [1.82, 2.24) is 24.4 Å². The summed E-state index contributed by atoms with van der Waals surface area (Å²) < 4.78 is 28.4. The van der Waals surface area contributed by atoms with Crippen LogP contribution in [0.1, 0.15) is 44.4 Å². The first-order chi connectivity index (χ1) is 14.9. The molecule has 1 saturated heterocycles. The lowest BCUT2D eigenvalue weighted by Gasteiger charge is -2.41. The van der Waals surface area contributed by atoms with Crippen LogP contribution in [0.3, 0.4) is 0 Å². The van der Waals surface area contributed by atoms with Crippen LogP contribution in [0.4, 0.5) is 5.82 Å². The minimum absolute atomic E-state index is 0.0638. The van der Waals surface area contributed by atoms with E-state index in [1.807, 2.05) is 0 Å². The summed E-state index contributed by atoms with van der Waals surface area (Å²) >= 11 is 4.35. The second-order valence-corrected chi connectivity index (χ2v) is 12.3. The fourth-order valence-corrected chi connectivity index (χ4v) is 5.61. The molecule has 5 N–H and O–H groups in total. The van der Waals surface area contributed by atoms with Crippen LogP contribution in [0, 0.1) is 0 Å². The molecule has 0 aromatic carbocycles. The molecule has 13 heteroatoms. The first-order valence-electron chi connectivity index (χ1n) is 10.5. The number of allylic oxidation sites excluding steroid dienone is 1. The van der Waals surface area contributed by atoms with Gasteiger partial charge in [0.1, 0.15) is 12.0 Å². The van der Waals surface area contributed by atoms with Crippen molar-refractivity contribution in [2.24, 2.45) is 5.73 Å². The van der Waals surface area contributed by atoms with Crippen LogP contribution in [-0.4, -0.2) is 76.0 Å². The number of thiol groups is 1. The van der Waals surface area contributed by atoms with E-state index in [1.165, 1.54) is 6.33 Å². The van der Waals surface area contributed by atoms with E-state index in [0.29, 0.717) is 13.1 Å². The van der Waals surface area contributed by atoms with Gasteiger partial charge in [-0.05, 0) is 47.9 Å². The highest BCUT2D eigenvalue weighted by Crippen LogP contribution is 2.55. The maximum Gasteiger partial charge on any atom is 0.284 e. The van der Waals surface area contributed by atoms with E-state index in [9.17, 15) is 9.36 Å². The number of rotatable bonds is 9. The molecule has 1 amide bonds. The summed E-state index contributed by atoms with van der Waals surface area (Å²) in [7, 11) is 0.297. The molecule has 0 bridgehead atoms. The molecule has 1 fully saturated rings. The predicted molar refractivity (Wildman–Crippen MR) is 128 cm³/mol. The highest BCUT2D eigenvalue weighted by molar-refractivity contribution is 7.90. The molecule has 1 aromatic heterocycles. The number of carbonyl (C=O) groups is 1. The zero-order chi connectivity index (χ0) is 24.2. The van der Waals surface area contributed by atoms with Crippen molar-refractivity contribution in [2.45, 2.75) is 51.1 Å². The third-order valence-corrected chi connectivity index (χ3v) is 8.76. The minimum Gasteiger partial charge on any atom is -0.385 e. The zero-order valence-corrected chi connectivity index (χ0v) is 21.3. The third kappa shape index (κ3) is 6.06. The van der Waals surface area contributed by atoms with Gasteiger partial charge in [0.25, 0.3) is 13.4 Å². The van der Waals surface area contributed by atoms with Crippen LogP contribution in [0.2, 0.25) is 0 Å². The largest absolute Gasteiger partial charge is 0.385 e. The number of nitrogen functional groups attached to an aromatic ring is 1. The lowest BCUT2D eigenvalue weighted by Crippen LogP contribution is -2.50. The smallest absolute Gasteiger partial charge is 0.284 e. The van der Waals surface area contributed by atoms with Gasteiger partial charge >= 0.3 is 0 Å². The van der Waals surface area contributed by atoms with Gasteiger partial charge in [-0.25, -0.2) is 9.65 Å². The van der Waals surface area contributed by atoms with Crippen LogP contribution in [0.15, 0.2) is 18.2 Å². The number of ether oxygens (including phenoxy) is 1. The molecule has 4 atom stereocenters. The molecule has 1 aromatic rings. The summed E-state index contributed by atoms with van der Waals surface area (Å²) in [4.78, 5) is 18.3. The summed E-state index contributed by atoms with van der Waals surface area (Å²) in [5.74, 6) is -0.114. The van der Waals surface area contributed by atoms with Gasteiger partial charge in [-0.3, -0.25) is 18.8 Å². The molecule has 1 aliphatic rings. The fourth-order valence-electron chi connectivity index (χ4n) is 3.30. The number of hydrogen-bond donors (Lipinski definition) is 4. The number of nitrogens with zero attached hydrogens (tertiary/aromatic N) is 4. The molecule has 2 unspecified atom stereocenters. The van der Waals surface area contributed by atoms with Crippen LogP contribution in [-0.2, 0) is 13.8 Å². The van der Waals surface area contributed by atoms with Gasteiger partial charge in [-0.2, -0.15) is 12.6 Å². The van der Waals surface area contributed by atoms with Gasteiger partial charge in [-0.1, -0.05) is 0 Å². The lowest BCUT2D eigenvalue weighted by atomic mass is 10.2. The van der Waals surface area contributed by atoms with E-state index in [0.717, 1.165) is 0 Å². The Morgan fingerprint density at radius 1 is 1.47 bits per heavy atom. The Labute approximate surface area is 195 Å². The van der Waals surface area contributed by atoms with E-state index in [1.54, 1.807) is 43.3 Å². The average Bonchev–Trinajstić information content (AvgIpc) is 3.12. The number of morpholine rings is 1. The molecule has 182 valence electrons. The number of hydrogen-bond acceptors (Lipinski definition) is 9. The highest BCUT2D eigenvalue weighted by Gasteiger charge is 2.36. The first kappa shape index (κ1) is 26.7. The molecule has 2 heterocycles. The minimum atomic E-state index is -3.12. The molecule has 32 heavy (non-hydrogen) atoms. The molecular formula is C19H36N7O4PS. The fraction of sp³-hybridized carbons (Fsp3) is 0.684. The molecule has 0 radical (unpaired) electrons. The molecule has 0 spiro atoms. The number of carbonyl (C=O) groups excluding carboxylic acids is 1. The van der Waals surface area contributed by atoms with Gasteiger partial charge in [0.2, 0.25) is 0 Å². The van der Waals surface area contributed by atoms with Crippen molar-refractivity contribution in [2.75, 3.05) is 39.5 Å². The highest BCUT2D eigenvalue weighted by atomic mass is 32.1. The zero-order valence-electron chi connectivity index (χ0n) is 19.6. The Morgan fingerprint density at radius 2 is 2.12 bits per heavy atom. The van der Waals surface area contributed by atoms with Crippen molar-refractivity contribution in [1.29, 1.82) is 0 Å². The second kappa shape index (κ2) is 11.0. The second-order valence-electron chi connectivity index (χ2n) is 8.18. The molecule has 0 aliphatic carbocycles. The Balaban J connectivity index is 2.22. The van der Waals surface area contributed by atoms with Gasteiger partial charge in [-0.15, -0.1) is 0 Å². The Bertz CT molecular complexity index is 862. The van der Waals surface area contributed by atoms with Crippen LogP contribution >= 0.6 is 20.1 Å². The first-order valence-corrected chi connectivity index (χ1v) is 12.6. The lowest BCUT2D eigenvalue weighted by molar-refractivity contribution is -0.137. The maximum absolute atomic E-state index is 13.1. The van der Waals surface area contributed by atoms with Crippen molar-refractivity contribution < 1.29 is 18.6 Å². The van der Waals surface area contributed by atoms with Crippen molar-refractivity contribution in [3.05, 3.63) is 23.9 Å². The normalized spacial score (nSPS) is 23.3. The molecule has 11 nitrogen and oxygen atoms in total. The van der Waals surface area contributed by atoms with Crippen molar-refractivity contribution >= 4 is 31.9 Å². The Kier molecular flexibility index (Phi) is 9.21. The Morgan fingerprint density at radius 3 is 2.66 bits per heavy atom. The van der Waals surface area contributed by atoms with Crippen LogP contribution in [0.25, 0.3) is 0 Å². The van der Waals surface area contributed by atoms with Gasteiger partial charge < -0.3 is 26.0 Å². The van der Waals surface area contributed by atoms with Crippen molar-refractivity contribution in [3.63, 3.8) is 0 Å². The topological polar surface area (TPSA) is 141 Å². The monoisotopic (exact) mass is 489 g/mol. The number of nitrogens with two attached hydrogens (primary N) is 2. The predicted octanol–water partition coefficient (Wildman–Crippen LogP) is 1.67. The number of anilines is 1. The van der Waals surface area contributed by atoms with E-state index >= 15 is 0 Å². The van der Waals surface area contributed by atoms with E-state index in [-0.39, 0.29) is 36.1 Å².